The Labute approximate surface area is 143 Å². The molecule has 0 aromatic carbocycles. The van der Waals surface area contributed by atoms with Gasteiger partial charge in [-0.2, -0.15) is 5.10 Å². The molecule has 7 heteroatoms. The van der Waals surface area contributed by atoms with E-state index in [9.17, 15) is 4.79 Å². The highest BCUT2D eigenvalue weighted by Crippen LogP contribution is 2.13. The molecular weight excluding hydrogens is 306 g/mol. The van der Waals surface area contributed by atoms with Gasteiger partial charge in [0.15, 0.2) is 5.82 Å². The van der Waals surface area contributed by atoms with E-state index >= 15 is 0 Å². The lowest BCUT2D eigenvalue weighted by atomic mass is 10.2. The molecule has 2 saturated heterocycles. The Kier molecular flexibility index (Phi) is 5.98. The molecule has 24 heavy (non-hydrogen) atoms. The van der Waals surface area contributed by atoms with E-state index in [1.165, 1.54) is 0 Å². The van der Waals surface area contributed by atoms with Gasteiger partial charge in [-0.25, -0.2) is 0 Å². The summed E-state index contributed by atoms with van der Waals surface area (Å²) < 4.78 is 5.90. The number of carbonyl (C=O) groups excluding carboxylic acids is 1. The lowest BCUT2D eigenvalue weighted by Crippen LogP contribution is -2.47. The molecular formula is C17H27N5O2. The van der Waals surface area contributed by atoms with E-state index in [-0.39, 0.29) is 6.10 Å². The van der Waals surface area contributed by atoms with Crippen LogP contribution in [0.15, 0.2) is 18.3 Å². The van der Waals surface area contributed by atoms with Crippen LogP contribution in [0.5, 0.6) is 0 Å². The molecule has 2 aliphatic heterocycles. The summed E-state index contributed by atoms with van der Waals surface area (Å²) in [5, 5.41) is 8.06. The minimum Gasteiger partial charge on any atom is -0.374 e. The zero-order valence-corrected chi connectivity index (χ0v) is 14.4. The average molecular weight is 333 g/mol. The van der Waals surface area contributed by atoms with Gasteiger partial charge in [-0.15, -0.1) is 5.10 Å². The Hall–Kier alpha value is -1.73. The first-order chi connectivity index (χ1) is 11.7. The molecule has 0 saturated carbocycles. The second kappa shape index (κ2) is 8.39. The Bertz CT molecular complexity index is 527. The number of likely N-dealkylation sites (tertiary alicyclic amines) is 1. The number of carbonyl (C=O) groups is 1. The summed E-state index contributed by atoms with van der Waals surface area (Å²) in [5.74, 6) is 1.19. The minimum absolute atomic E-state index is 0.180. The molecule has 3 heterocycles. The van der Waals surface area contributed by atoms with E-state index in [2.05, 4.69) is 20.0 Å². The molecule has 3 rings (SSSR count). The summed E-state index contributed by atoms with van der Waals surface area (Å²) >= 11 is 0. The second-order valence-corrected chi connectivity index (χ2v) is 6.59. The Morgan fingerprint density at radius 1 is 1.38 bits per heavy atom. The summed E-state index contributed by atoms with van der Waals surface area (Å²) in [5.41, 5.74) is 0. The number of aromatic nitrogens is 2. The third-order valence-electron chi connectivity index (χ3n) is 4.72. The van der Waals surface area contributed by atoms with E-state index in [4.69, 9.17) is 4.74 Å². The highest BCUT2D eigenvalue weighted by atomic mass is 16.5. The molecule has 1 atom stereocenters. The van der Waals surface area contributed by atoms with Crippen LogP contribution in [0.2, 0.25) is 0 Å². The minimum atomic E-state index is 0.180. The van der Waals surface area contributed by atoms with Crippen LogP contribution in [0.25, 0.3) is 0 Å². The van der Waals surface area contributed by atoms with Gasteiger partial charge in [0.05, 0.1) is 12.7 Å². The van der Waals surface area contributed by atoms with Crippen molar-refractivity contribution in [2.45, 2.75) is 25.4 Å². The fraction of sp³-hybridized carbons (Fsp3) is 0.706. The van der Waals surface area contributed by atoms with Crippen molar-refractivity contribution in [3.8, 4) is 0 Å². The van der Waals surface area contributed by atoms with E-state index in [1.54, 1.807) is 6.20 Å². The number of rotatable bonds is 7. The van der Waals surface area contributed by atoms with E-state index in [1.807, 2.05) is 24.1 Å². The van der Waals surface area contributed by atoms with Crippen LogP contribution in [0.4, 0.5) is 5.82 Å². The van der Waals surface area contributed by atoms with Crippen LogP contribution in [-0.2, 0) is 9.53 Å². The number of nitrogens with zero attached hydrogens (tertiary/aromatic N) is 5. The Morgan fingerprint density at radius 2 is 2.29 bits per heavy atom. The van der Waals surface area contributed by atoms with E-state index in [0.717, 1.165) is 71.0 Å². The highest BCUT2D eigenvalue weighted by Gasteiger charge is 2.23. The predicted molar refractivity (Wildman–Crippen MR) is 91.9 cm³/mol. The van der Waals surface area contributed by atoms with Crippen LogP contribution >= 0.6 is 0 Å². The van der Waals surface area contributed by atoms with Crippen LogP contribution in [0.1, 0.15) is 19.3 Å². The topological polar surface area (TPSA) is 61.8 Å². The lowest BCUT2D eigenvalue weighted by Gasteiger charge is -2.35. The van der Waals surface area contributed by atoms with Gasteiger partial charge in [-0.05, 0) is 25.0 Å². The molecule has 0 spiro atoms. The zero-order chi connectivity index (χ0) is 16.8. The van der Waals surface area contributed by atoms with Crippen LogP contribution in [0, 0.1) is 0 Å². The van der Waals surface area contributed by atoms with Crippen molar-refractivity contribution in [3.63, 3.8) is 0 Å². The third-order valence-corrected chi connectivity index (χ3v) is 4.72. The van der Waals surface area contributed by atoms with Crippen molar-refractivity contribution in [3.05, 3.63) is 18.3 Å². The van der Waals surface area contributed by atoms with Crippen molar-refractivity contribution in [1.29, 1.82) is 0 Å². The summed E-state index contributed by atoms with van der Waals surface area (Å²) in [6.45, 7) is 6.33. The molecule has 1 aromatic rings. The Balaban J connectivity index is 1.40. The van der Waals surface area contributed by atoms with Crippen LogP contribution in [0.3, 0.4) is 0 Å². The van der Waals surface area contributed by atoms with Crippen LogP contribution < -0.4 is 4.90 Å². The summed E-state index contributed by atoms with van der Waals surface area (Å²) in [6.07, 6.45) is 4.65. The van der Waals surface area contributed by atoms with Gasteiger partial charge in [0.25, 0.3) is 0 Å². The number of anilines is 1. The average Bonchev–Trinajstić information content (AvgIpc) is 3.01. The van der Waals surface area contributed by atoms with Gasteiger partial charge < -0.3 is 14.5 Å². The summed E-state index contributed by atoms with van der Waals surface area (Å²) in [6, 6.07) is 3.85. The number of ether oxygens (including phenoxy) is 1. The quantitative estimate of drug-likeness (QED) is 0.729. The molecule has 2 aliphatic rings. The number of hydrogen-bond acceptors (Lipinski definition) is 6. The molecule has 1 aromatic heterocycles. The number of amides is 1. The highest BCUT2D eigenvalue weighted by molar-refractivity contribution is 5.77. The Morgan fingerprint density at radius 3 is 3.04 bits per heavy atom. The van der Waals surface area contributed by atoms with Crippen molar-refractivity contribution >= 4 is 11.7 Å². The molecule has 0 radical (unpaired) electrons. The maximum Gasteiger partial charge on any atom is 0.222 e. The van der Waals surface area contributed by atoms with Gasteiger partial charge in [0.1, 0.15) is 0 Å². The zero-order valence-electron chi connectivity index (χ0n) is 14.4. The van der Waals surface area contributed by atoms with Gasteiger partial charge in [-0.3, -0.25) is 9.69 Å². The van der Waals surface area contributed by atoms with Crippen molar-refractivity contribution in [2.75, 3.05) is 57.8 Å². The molecule has 7 nitrogen and oxygen atoms in total. The number of likely N-dealkylation sites (N-methyl/N-ethyl adjacent to an activating group) is 1. The number of hydrogen-bond donors (Lipinski definition) is 0. The molecule has 132 valence electrons. The third kappa shape index (κ3) is 4.64. The van der Waals surface area contributed by atoms with Gasteiger partial charge in [0, 0.05) is 58.9 Å². The maximum atomic E-state index is 11.6. The first kappa shape index (κ1) is 17.1. The molecule has 2 fully saturated rings. The lowest BCUT2D eigenvalue weighted by molar-refractivity contribution is -0.127. The predicted octanol–water partition coefficient (Wildman–Crippen LogP) is 0.626. The second-order valence-electron chi connectivity index (χ2n) is 6.59. The fourth-order valence-electron chi connectivity index (χ4n) is 3.42. The van der Waals surface area contributed by atoms with Crippen molar-refractivity contribution in [2.24, 2.45) is 0 Å². The standard InChI is InChI=1S/C17H27N5O2/c1-20(16-5-2-7-18-19-16)13-15-14-21(11-12-24-15)8-4-10-22-9-3-6-17(22)23/h2,5,7,15H,3-4,6,8-14H2,1H3. The van der Waals surface area contributed by atoms with E-state index < -0.39 is 0 Å². The SMILES string of the molecule is CN(CC1CN(CCCN2CCCC2=O)CCO1)c1cccnn1. The molecule has 1 amide bonds. The molecule has 0 aliphatic carbocycles. The van der Waals surface area contributed by atoms with Crippen molar-refractivity contribution < 1.29 is 9.53 Å². The molecule has 0 bridgehead atoms. The van der Waals surface area contributed by atoms with Crippen LogP contribution in [-0.4, -0.2) is 84.9 Å². The number of morpholine rings is 1. The smallest absolute Gasteiger partial charge is 0.222 e. The molecule has 0 N–H and O–H groups in total. The molecule has 1 unspecified atom stereocenters. The van der Waals surface area contributed by atoms with Gasteiger partial charge in [-0.1, -0.05) is 0 Å². The van der Waals surface area contributed by atoms with Gasteiger partial charge in [0.2, 0.25) is 5.91 Å². The van der Waals surface area contributed by atoms with Gasteiger partial charge >= 0.3 is 0 Å². The summed E-state index contributed by atoms with van der Waals surface area (Å²) in [7, 11) is 2.02. The largest absolute Gasteiger partial charge is 0.374 e. The maximum absolute atomic E-state index is 11.6. The van der Waals surface area contributed by atoms with E-state index in [0.29, 0.717) is 5.91 Å². The summed E-state index contributed by atoms with van der Waals surface area (Å²) in [4.78, 5) is 18.2. The first-order valence-electron chi connectivity index (χ1n) is 8.83. The monoisotopic (exact) mass is 333 g/mol. The normalized spacial score (nSPS) is 22.1. The van der Waals surface area contributed by atoms with Crippen molar-refractivity contribution in [1.82, 2.24) is 20.0 Å². The fourth-order valence-corrected chi connectivity index (χ4v) is 3.42. The first-order valence-corrected chi connectivity index (χ1v) is 8.83.